The number of aromatic nitrogens is 2. The van der Waals surface area contributed by atoms with Crippen molar-refractivity contribution in [2.45, 2.75) is 16.5 Å². The number of carbonyl (C=O) groups is 1. The minimum Gasteiger partial charge on any atom is -0.497 e. The Bertz CT molecular complexity index is 1260. The van der Waals surface area contributed by atoms with Crippen LogP contribution in [0.25, 0.3) is 0 Å². The van der Waals surface area contributed by atoms with Gasteiger partial charge in [-0.15, -0.1) is 0 Å². The summed E-state index contributed by atoms with van der Waals surface area (Å²) in [6.07, 6.45) is 0. The molecule has 11 heteroatoms. The Morgan fingerprint density at radius 3 is 2.43 bits per heavy atom. The second-order valence-electron chi connectivity index (χ2n) is 6.02. The number of halogens is 2. The van der Waals surface area contributed by atoms with Gasteiger partial charge >= 0.3 is 0 Å². The van der Waals surface area contributed by atoms with Gasteiger partial charge in [-0.3, -0.25) is 9.59 Å². The summed E-state index contributed by atoms with van der Waals surface area (Å²) in [6, 6.07) is 10.1. The zero-order valence-corrected chi connectivity index (χ0v) is 16.3. The standard InChI is InChI=1S/C19H15F2N3O5S/c1-29-13-3-5-14(6-4-13)30(27,28)18-8-9-19(26)24(23-18)11-17(25)22-16-7-2-12(20)10-15(16)21/h2-10H,11H2,1H3,(H,22,25). The molecule has 0 aliphatic carbocycles. The first-order valence-corrected chi connectivity index (χ1v) is 9.91. The molecule has 1 heterocycles. The largest absolute Gasteiger partial charge is 0.497 e. The first-order valence-electron chi connectivity index (χ1n) is 8.43. The van der Waals surface area contributed by atoms with E-state index in [-0.39, 0.29) is 10.6 Å². The third-order valence-electron chi connectivity index (χ3n) is 3.99. The summed E-state index contributed by atoms with van der Waals surface area (Å²) >= 11 is 0. The average Bonchev–Trinajstić information content (AvgIpc) is 2.71. The summed E-state index contributed by atoms with van der Waals surface area (Å²) < 4.78 is 57.7. The van der Waals surface area contributed by atoms with Crippen molar-refractivity contribution in [1.29, 1.82) is 0 Å². The van der Waals surface area contributed by atoms with Gasteiger partial charge in [0.2, 0.25) is 15.7 Å². The van der Waals surface area contributed by atoms with Gasteiger partial charge in [-0.2, -0.15) is 5.10 Å². The fraction of sp³-hybridized carbons (Fsp3) is 0.105. The molecule has 0 spiro atoms. The van der Waals surface area contributed by atoms with E-state index in [0.717, 1.165) is 24.3 Å². The number of sulfone groups is 1. The SMILES string of the molecule is COc1ccc(S(=O)(=O)c2ccc(=O)n(CC(=O)Nc3ccc(F)cc3F)n2)cc1. The molecule has 0 aliphatic rings. The van der Waals surface area contributed by atoms with Crippen molar-refractivity contribution in [3.63, 3.8) is 0 Å². The van der Waals surface area contributed by atoms with Crippen LogP contribution in [0.4, 0.5) is 14.5 Å². The molecule has 1 N–H and O–H groups in total. The van der Waals surface area contributed by atoms with Gasteiger partial charge in [-0.25, -0.2) is 21.9 Å². The van der Waals surface area contributed by atoms with Crippen molar-refractivity contribution >= 4 is 21.4 Å². The smallest absolute Gasteiger partial charge is 0.267 e. The molecule has 1 amide bonds. The number of nitrogens with zero attached hydrogens (tertiary/aromatic N) is 2. The monoisotopic (exact) mass is 435 g/mol. The number of rotatable bonds is 6. The van der Waals surface area contributed by atoms with Gasteiger partial charge in [0, 0.05) is 12.1 Å². The van der Waals surface area contributed by atoms with E-state index in [1.807, 2.05) is 0 Å². The number of hydrogen-bond acceptors (Lipinski definition) is 6. The minimum absolute atomic E-state index is 0.0844. The van der Waals surface area contributed by atoms with Crippen LogP contribution in [0.5, 0.6) is 5.75 Å². The molecule has 2 aromatic carbocycles. The summed E-state index contributed by atoms with van der Waals surface area (Å²) in [5.41, 5.74) is -1.03. The second-order valence-corrected chi connectivity index (χ2v) is 7.92. The fourth-order valence-electron chi connectivity index (χ4n) is 2.48. The summed E-state index contributed by atoms with van der Waals surface area (Å²) in [6.45, 7) is -0.679. The van der Waals surface area contributed by atoms with Crippen LogP contribution in [0, 0.1) is 11.6 Å². The van der Waals surface area contributed by atoms with E-state index in [1.54, 1.807) is 0 Å². The molecule has 0 bridgehead atoms. The molecule has 0 fully saturated rings. The van der Waals surface area contributed by atoms with Gasteiger partial charge in [-0.05, 0) is 42.5 Å². The highest BCUT2D eigenvalue weighted by molar-refractivity contribution is 7.91. The normalized spacial score (nSPS) is 11.2. The van der Waals surface area contributed by atoms with Crippen molar-refractivity contribution in [2.75, 3.05) is 12.4 Å². The van der Waals surface area contributed by atoms with Gasteiger partial charge in [0.25, 0.3) is 5.56 Å². The van der Waals surface area contributed by atoms with Crippen LogP contribution >= 0.6 is 0 Å². The Labute approximate surface area is 169 Å². The molecule has 3 rings (SSSR count). The lowest BCUT2D eigenvalue weighted by Gasteiger charge is -2.09. The lowest BCUT2D eigenvalue weighted by Crippen LogP contribution is -2.30. The van der Waals surface area contributed by atoms with Crippen LogP contribution in [0.3, 0.4) is 0 Å². The Morgan fingerprint density at radius 1 is 1.10 bits per heavy atom. The Morgan fingerprint density at radius 2 is 1.80 bits per heavy atom. The summed E-state index contributed by atoms with van der Waals surface area (Å²) in [7, 11) is -2.63. The third kappa shape index (κ3) is 4.51. The second kappa shape index (κ2) is 8.41. The number of nitrogens with one attached hydrogen (secondary N) is 1. The van der Waals surface area contributed by atoms with Gasteiger partial charge in [0.05, 0.1) is 17.7 Å². The van der Waals surface area contributed by atoms with Crippen molar-refractivity contribution in [1.82, 2.24) is 9.78 Å². The van der Waals surface area contributed by atoms with E-state index < -0.39 is 44.5 Å². The first-order chi connectivity index (χ1) is 14.2. The van der Waals surface area contributed by atoms with Crippen molar-refractivity contribution in [3.05, 3.63) is 76.6 Å². The van der Waals surface area contributed by atoms with E-state index in [0.29, 0.717) is 16.5 Å². The van der Waals surface area contributed by atoms with E-state index in [9.17, 15) is 26.8 Å². The molecular formula is C19H15F2N3O5S. The first kappa shape index (κ1) is 21.1. The van der Waals surface area contributed by atoms with E-state index in [1.165, 1.54) is 31.4 Å². The van der Waals surface area contributed by atoms with Crippen molar-refractivity contribution in [2.24, 2.45) is 0 Å². The quantitative estimate of drug-likeness (QED) is 0.635. The van der Waals surface area contributed by atoms with Gasteiger partial charge < -0.3 is 10.1 Å². The molecule has 0 saturated carbocycles. The maximum absolute atomic E-state index is 13.7. The highest BCUT2D eigenvalue weighted by Crippen LogP contribution is 2.21. The number of anilines is 1. The summed E-state index contributed by atoms with van der Waals surface area (Å²) in [5, 5.41) is 5.47. The molecule has 156 valence electrons. The van der Waals surface area contributed by atoms with Gasteiger partial charge in [0.1, 0.15) is 23.9 Å². The number of benzene rings is 2. The van der Waals surface area contributed by atoms with Crippen LogP contribution in [0.1, 0.15) is 0 Å². The maximum atomic E-state index is 13.7. The minimum atomic E-state index is -4.07. The van der Waals surface area contributed by atoms with Gasteiger partial charge in [-0.1, -0.05) is 0 Å². The predicted molar refractivity (Wildman–Crippen MR) is 102 cm³/mol. The molecule has 0 saturated heterocycles. The van der Waals surface area contributed by atoms with Crippen LogP contribution in [0.15, 0.2) is 69.3 Å². The fourth-order valence-corrected chi connectivity index (χ4v) is 3.67. The van der Waals surface area contributed by atoms with Crippen LogP contribution in [-0.2, 0) is 21.2 Å². The topological polar surface area (TPSA) is 107 Å². The zero-order chi connectivity index (χ0) is 21.9. The average molecular weight is 435 g/mol. The van der Waals surface area contributed by atoms with E-state index >= 15 is 0 Å². The van der Waals surface area contributed by atoms with Crippen LogP contribution < -0.4 is 15.6 Å². The molecular weight excluding hydrogens is 420 g/mol. The van der Waals surface area contributed by atoms with E-state index in [2.05, 4.69) is 10.4 Å². The van der Waals surface area contributed by atoms with Crippen molar-refractivity contribution in [3.8, 4) is 5.75 Å². The molecule has 0 unspecified atom stereocenters. The predicted octanol–water partition coefficient (Wildman–Crippen LogP) is 2.00. The summed E-state index contributed by atoms with van der Waals surface area (Å²) in [4.78, 5) is 24.1. The van der Waals surface area contributed by atoms with Crippen LogP contribution in [0.2, 0.25) is 0 Å². The molecule has 1 aromatic heterocycles. The highest BCUT2D eigenvalue weighted by atomic mass is 32.2. The molecule has 8 nitrogen and oxygen atoms in total. The number of amides is 1. The maximum Gasteiger partial charge on any atom is 0.267 e. The Kier molecular flexibility index (Phi) is 5.92. The molecule has 0 aliphatic heterocycles. The molecule has 30 heavy (non-hydrogen) atoms. The Hall–Kier alpha value is -3.60. The van der Waals surface area contributed by atoms with Crippen molar-refractivity contribution < 1.29 is 26.7 Å². The van der Waals surface area contributed by atoms with E-state index in [4.69, 9.17) is 4.74 Å². The molecule has 3 aromatic rings. The molecule has 0 radical (unpaired) electrons. The lowest BCUT2D eigenvalue weighted by atomic mass is 10.3. The lowest BCUT2D eigenvalue weighted by molar-refractivity contribution is -0.117. The number of hydrogen-bond donors (Lipinski definition) is 1. The Balaban J connectivity index is 1.85. The summed E-state index contributed by atoms with van der Waals surface area (Å²) in [5.74, 6) is -2.22. The van der Waals surface area contributed by atoms with Crippen LogP contribution in [-0.4, -0.2) is 31.2 Å². The molecule has 0 atom stereocenters. The number of carbonyl (C=O) groups excluding carboxylic acids is 1. The zero-order valence-electron chi connectivity index (χ0n) is 15.5. The van der Waals surface area contributed by atoms with Gasteiger partial charge in [0.15, 0.2) is 5.03 Å². The number of methoxy groups -OCH3 is 1. The number of ether oxygens (including phenoxy) is 1. The highest BCUT2D eigenvalue weighted by Gasteiger charge is 2.21. The third-order valence-corrected chi connectivity index (χ3v) is 5.65.